The molecule has 2 aromatic carbocycles. The summed E-state index contributed by atoms with van der Waals surface area (Å²) in [5.41, 5.74) is 3.06. The number of piperidine rings is 1. The van der Waals surface area contributed by atoms with Gasteiger partial charge in [0.15, 0.2) is 22.3 Å². The van der Waals surface area contributed by atoms with Crippen molar-refractivity contribution in [2.75, 3.05) is 30.8 Å². The van der Waals surface area contributed by atoms with Gasteiger partial charge in [-0.25, -0.2) is 8.42 Å². The van der Waals surface area contributed by atoms with Gasteiger partial charge in [-0.05, 0) is 68.7 Å². The number of hydrogen-bond donors (Lipinski definition) is 1. The first-order valence-electron chi connectivity index (χ1n) is 12.9. The number of amides is 1. The van der Waals surface area contributed by atoms with Crippen LogP contribution in [0.2, 0.25) is 0 Å². The summed E-state index contributed by atoms with van der Waals surface area (Å²) in [7, 11) is -3.56. The normalized spacial score (nSPS) is 17.9. The standard InChI is InChI=1S/C27H29N5O5S2/c1-17-13-19-14-23-24(37-12-11-36-23)15-22(19)32-26(17)29-30-27(32)38-16-25(33)28-20-6-8-21(9-7-20)39(34,35)31-10-4-3-5-18(31)2/h6-9,13-15,18H,3-5,10-12,16H2,1-2H3,(H,28,33)/t18-/m1/s1. The fourth-order valence-electron chi connectivity index (χ4n) is 5.14. The van der Waals surface area contributed by atoms with E-state index in [4.69, 9.17) is 9.47 Å². The molecule has 6 rings (SSSR count). The second kappa shape index (κ2) is 10.3. The number of hydrogen-bond acceptors (Lipinski definition) is 8. The molecular formula is C27H29N5O5S2. The average molecular weight is 568 g/mol. The molecule has 1 fully saturated rings. The van der Waals surface area contributed by atoms with E-state index in [-0.39, 0.29) is 22.6 Å². The molecule has 2 aromatic heterocycles. The summed E-state index contributed by atoms with van der Waals surface area (Å²) in [4.78, 5) is 13.0. The van der Waals surface area contributed by atoms with Crippen LogP contribution in [0.4, 0.5) is 5.69 Å². The third kappa shape index (κ3) is 4.92. The predicted molar refractivity (Wildman–Crippen MR) is 149 cm³/mol. The molecule has 0 bridgehead atoms. The van der Waals surface area contributed by atoms with Crippen molar-refractivity contribution >= 4 is 49.9 Å². The molecule has 12 heteroatoms. The van der Waals surface area contributed by atoms with Crippen LogP contribution in [0.25, 0.3) is 16.6 Å². The minimum Gasteiger partial charge on any atom is -0.486 e. The highest BCUT2D eigenvalue weighted by atomic mass is 32.2. The first-order chi connectivity index (χ1) is 18.8. The van der Waals surface area contributed by atoms with Crippen LogP contribution in [0.15, 0.2) is 52.5 Å². The van der Waals surface area contributed by atoms with E-state index in [1.165, 1.54) is 11.8 Å². The Kier molecular flexibility index (Phi) is 6.86. The molecule has 0 aliphatic carbocycles. The van der Waals surface area contributed by atoms with E-state index in [1.54, 1.807) is 28.6 Å². The van der Waals surface area contributed by atoms with Gasteiger partial charge in [0.1, 0.15) is 13.2 Å². The maximum Gasteiger partial charge on any atom is 0.243 e. The van der Waals surface area contributed by atoms with Crippen LogP contribution in [0.5, 0.6) is 11.5 Å². The summed E-state index contributed by atoms with van der Waals surface area (Å²) in [5, 5.41) is 13.1. The van der Waals surface area contributed by atoms with E-state index in [0.717, 1.165) is 35.7 Å². The maximum absolute atomic E-state index is 13.1. The van der Waals surface area contributed by atoms with E-state index in [9.17, 15) is 13.2 Å². The zero-order valence-electron chi connectivity index (χ0n) is 21.7. The zero-order valence-corrected chi connectivity index (χ0v) is 23.3. The molecule has 1 N–H and O–H groups in total. The Hall–Kier alpha value is -3.35. The summed E-state index contributed by atoms with van der Waals surface area (Å²) < 4.78 is 41.2. The van der Waals surface area contributed by atoms with E-state index in [0.29, 0.717) is 47.7 Å². The van der Waals surface area contributed by atoms with Crippen LogP contribution < -0.4 is 14.8 Å². The molecule has 2 aliphatic rings. The van der Waals surface area contributed by atoms with Gasteiger partial charge in [0.05, 0.1) is 16.2 Å². The SMILES string of the molecule is Cc1cc2cc3c(cc2n2c(SCC(=O)Nc4ccc(S(=O)(=O)N5CCCC[C@H]5C)cc4)nnc12)OCCO3. The van der Waals surface area contributed by atoms with Crippen molar-refractivity contribution in [2.24, 2.45) is 0 Å². The summed E-state index contributed by atoms with van der Waals surface area (Å²) >= 11 is 1.27. The average Bonchev–Trinajstić information content (AvgIpc) is 3.36. The first-order valence-corrected chi connectivity index (χ1v) is 15.4. The molecule has 204 valence electrons. The number of nitrogens with zero attached hydrogens (tertiary/aromatic N) is 4. The number of aromatic nitrogens is 3. The Morgan fingerprint density at radius 1 is 1.08 bits per heavy atom. The number of thioether (sulfide) groups is 1. The van der Waals surface area contributed by atoms with Crippen molar-refractivity contribution in [2.45, 2.75) is 49.2 Å². The van der Waals surface area contributed by atoms with Gasteiger partial charge in [-0.1, -0.05) is 18.2 Å². The molecule has 2 aliphatic heterocycles. The van der Waals surface area contributed by atoms with Gasteiger partial charge in [-0.3, -0.25) is 9.20 Å². The number of carbonyl (C=O) groups is 1. The van der Waals surface area contributed by atoms with Crippen molar-refractivity contribution in [1.29, 1.82) is 0 Å². The smallest absolute Gasteiger partial charge is 0.243 e. The topological polar surface area (TPSA) is 115 Å². The minimum absolute atomic E-state index is 0.0134. The molecule has 1 saturated heterocycles. The fourth-order valence-corrected chi connectivity index (χ4v) is 7.58. The summed E-state index contributed by atoms with van der Waals surface area (Å²) in [6, 6.07) is 12.2. The number of aryl methyl sites for hydroxylation is 1. The third-order valence-corrected chi connectivity index (χ3v) is 10.1. The highest BCUT2D eigenvalue weighted by Gasteiger charge is 2.30. The monoisotopic (exact) mass is 567 g/mol. The molecule has 0 saturated carbocycles. The summed E-state index contributed by atoms with van der Waals surface area (Å²) in [6.07, 6.45) is 2.78. The maximum atomic E-state index is 13.1. The lowest BCUT2D eigenvalue weighted by atomic mass is 10.1. The van der Waals surface area contributed by atoms with Crippen molar-refractivity contribution in [1.82, 2.24) is 18.9 Å². The molecule has 1 amide bonds. The number of rotatable bonds is 6. The Bertz CT molecular complexity index is 1670. The van der Waals surface area contributed by atoms with Crippen LogP contribution >= 0.6 is 11.8 Å². The van der Waals surface area contributed by atoms with Gasteiger partial charge in [0.2, 0.25) is 15.9 Å². The quantitative estimate of drug-likeness (QED) is 0.344. The zero-order chi connectivity index (χ0) is 27.1. The lowest BCUT2D eigenvalue weighted by Crippen LogP contribution is -2.41. The van der Waals surface area contributed by atoms with Crippen molar-refractivity contribution in [3.8, 4) is 11.5 Å². The van der Waals surface area contributed by atoms with Gasteiger partial charge in [0, 0.05) is 29.7 Å². The van der Waals surface area contributed by atoms with Crippen LogP contribution in [0.3, 0.4) is 0 Å². The van der Waals surface area contributed by atoms with Crippen molar-refractivity contribution in [3.63, 3.8) is 0 Å². The number of ether oxygens (including phenoxy) is 2. The van der Waals surface area contributed by atoms with E-state index in [1.807, 2.05) is 36.4 Å². The van der Waals surface area contributed by atoms with Crippen molar-refractivity contribution < 1.29 is 22.7 Å². The molecule has 0 unspecified atom stereocenters. The highest BCUT2D eigenvalue weighted by Crippen LogP contribution is 2.36. The lowest BCUT2D eigenvalue weighted by Gasteiger charge is -2.32. The molecule has 10 nitrogen and oxygen atoms in total. The molecule has 39 heavy (non-hydrogen) atoms. The van der Waals surface area contributed by atoms with Crippen LogP contribution in [0.1, 0.15) is 31.7 Å². The number of anilines is 1. The second-order valence-corrected chi connectivity index (χ2v) is 12.7. The number of pyridine rings is 1. The Morgan fingerprint density at radius 3 is 2.56 bits per heavy atom. The first kappa shape index (κ1) is 25.9. The minimum atomic E-state index is -3.56. The van der Waals surface area contributed by atoms with Crippen LogP contribution in [0, 0.1) is 6.92 Å². The van der Waals surface area contributed by atoms with E-state index in [2.05, 4.69) is 15.5 Å². The highest BCUT2D eigenvalue weighted by molar-refractivity contribution is 7.99. The number of benzene rings is 2. The predicted octanol–water partition coefficient (Wildman–Crippen LogP) is 4.26. The molecule has 0 spiro atoms. The molecule has 1 atom stereocenters. The molecule has 4 aromatic rings. The Labute approximate surface area is 230 Å². The third-order valence-electron chi connectivity index (χ3n) is 7.11. The van der Waals surface area contributed by atoms with Crippen LogP contribution in [-0.4, -0.2) is 64.8 Å². The van der Waals surface area contributed by atoms with Gasteiger partial charge in [-0.2, -0.15) is 4.31 Å². The van der Waals surface area contributed by atoms with Gasteiger partial charge < -0.3 is 14.8 Å². The summed E-state index contributed by atoms with van der Waals surface area (Å²) in [6.45, 7) is 5.45. The molecule has 0 radical (unpaired) electrons. The Balaban J connectivity index is 1.17. The van der Waals surface area contributed by atoms with Crippen molar-refractivity contribution in [3.05, 3.63) is 48.0 Å². The number of carbonyl (C=O) groups excluding carboxylic acids is 1. The van der Waals surface area contributed by atoms with Gasteiger partial charge in [0.25, 0.3) is 0 Å². The number of sulfonamides is 1. The molecule has 4 heterocycles. The lowest BCUT2D eigenvalue weighted by molar-refractivity contribution is -0.113. The van der Waals surface area contributed by atoms with E-state index < -0.39 is 10.0 Å². The number of nitrogens with one attached hydrogen (secondary N) is 1. The molecular weight excluding hydrogens is 538 g/mol. The number of fused-ring (bicyclic) bond motifs is 4. The Morgan fingerprint density at radius 2 is 1.82 bits per heavy atom. The summed E-state index contributed by atoms with van der Waals surface area (Å²) in [5.74, 6) is 1.24. The van der Waals surface area contributed by atoms with E-state index >= 15 is 0 Å². The van der Waals surface area contributed by atoms with Gasteiger partial charge in [-0.15, -0.1) is 10.2 Å². The van der Waals surface area contributed by atoms with Gasteiger partial charge >= 0.3 is 0 Å². The fraction of sp³-hybridized carbons (Fsp3) is 0.370. The van der Waals surface area contributed by atoms with Crippen LogP contribution in [-0.2, 0) is 14.8 Å². The largest absolute Gasteiger partial charge is 0.486 e. The second-order valence-electron chi connectivity index (χ2n) is 9.85.